The number of thiazole rings is 1. The lowest BCUT2D eigenvalue weighted by molar-refractivity contribution is 0.572. The molecule has 0 aliphatic carbocycles. The molecule has 3 rings (SSSR count). The molecule has 0 amide bonds. The third kappa shape index (κ3) is 2.09. The molecule has 3 heterocycles. The molecule has 3 aromatic rings. The van der Waals surface area contributed by atoms with Crippen molar-refractivity contribution in [2.75, 3.05) is 0 Å². The van der Waals surface area contributed by atoms with E-state index in [0.29, 0.717) is 6.04 Å². The van der Waals surface area contributed by atoms with E-state index in [1.807, 2.05) is 0 Å². The third-order valence-electron chi connectivity index (χ3n) is 3.11. The van der Waals surface area contributed by atoms with E-state index in [4.69, 9.17) is 0 Å². The molecule has 1 N–H and O–H groups in total. The maximum atomic E-state index is 4.56. The molecule has 0 bridgehead atoms. The first kappa shape index (κ1) is 11.9. The number of aryl methyl sites for hydroxylation is 1. The Morgan fingerprint density at radius 1 is 1.39 bits per heavy atom. The molecule has 0 spiro atoms. The van der Waals surface area contributed by atoms with Gasteiger partial charge in [-0.1, -0.05) is 6.07 Å². The fourth-order valence-electron chi connectivity index (χ4n) is 2.04. The van der Waals surface area contributed by atoms with Crippen LogP contribution in [0.15, 0.2) is 29.1 Å². The van der Waals surface area contributed by atoms with Crippen molar-refractivity contribution in [3.63, 3.8) is 0 Å². The summed E-state index contributed by atoms with van der Waals surface area (Å²) in [6, 6.07) is 4.65. The molecular formula is C13H15N3S2. The highest BCUT2D eigenvalue weighted by atomic mass is 32.1. The summed E-state index contributed by atoms with van der Waals surface area (Å²) >= 11 is 3.48. The molecule has 0 aliphatic rings. The summed E-state index contributed by atoms with van der Waals surface area (Å²) < 4.78 is 2.17. The summed E-state index contributed by atoms with van der Waals surface area (Å²) in [6.45, 7) is 5.13. The summed E-state index contributed by atoms with van der Waals surface area (Å²) in [7, 11) is 0. The van der Waals surface area contributed by atoms with Crippen LogP contribution >= 0.6 is 22.7 Å². The Labute approximate surface area is 114 Å². The zero-order valence-corrected chi connectivity index (χ0v) is 12.0. The van der Waals surface area contributed by atoms with Crippen LogP contribution in [0, 0.1) is 6.92 Å². The first-order chi connectivity index (χ1) is 8.75. The first-order valence-electron chi connectivity index (χ1n) is 5.93. The molecule has 0 aromatic carbocycles. The van der Waals surface area contributed by atoms with Crippen molar-refractivity contribution in [1.29, 1.82) is 0 Å². The van der Waals surface area contributed by atoms with Crippen LogP contribution in [-0.2, 0) is 6.54 Å². The zero-order valence-electron chi connectivity index (χ0n) is 10.4. The number of hydrogen-bond donors (Lipinski definition) is 1. The number of rotatable bonds is 4. The van der Waals surface area contributed by atoms with Crippen LogP contribution in [0.4, 0.5) is 0 Å². The fourth-order valence-corrected chi connectivity index (χ4v) is 3.58. The van der Waals surface area contributed by atoms with Gasteiger partial charge in [0.15, 0.2) is 4.96 Å². The van der Waals surface area contributed by atoms with Gasteiger partial charge in [0.2, 0.25) is 0 Å². The molecule has 0 radical (unpaired) electrons. The molecule has 0 aliphatic heterocycles. The topological polar surface area (TPSA) is 29.3 Å². The molecule has 0 fully saturated rings. The summed E-state index contributed by atoms with van der Waals surface area (Å²) in [6.07, 6.45) is 2.09. The van der Waals surface area contributed by atoms with E-state index < -0.39 is 0 Å². The van der Waals surface area contributed by atoms with Gasteiger partial charge in [-0.05, 0) is 25.3 Å². The van der Waals surface area contributed by atoms with Crippen molar-refractivity contribution in [3.8, 4) is 0 Å². The number of imidazole rings is 1. The Morgan fingerprint density at radius 3 is 3.06 bits per heavy atom. The second-order valence-corrected chi connectivity index (χ2v) is 6.17. The Bertz CT molecular complexity index is 636. The van der Waals surface area contributed by atoms with Crippen LogP contribution in [0.1, 0.15) is 29.2 Å². The summed E-state index contributed by atoms with van der Waals surface area (Å²) in [4.78, 5) is 7.01. The molecular weight excluding hydrogens is 262 g/mol. The van der Waals surface area contributed by atoms with Gasteiger partial charge in [0, 0.05) is 29.0 Å². The number of nitrogens with zero attached hydrogens (tertiary/aromatic N) is 2. The maximum Gasteiger partial charge on any atom is 0.194 e. The second kappa shape index (κ2) is 4.84. The van der Waals surface area contributed by atoms with E-state index in [1.165, 1.54) is 10.6 Å². The number of nitrogens with one attached hydrogen (secondary N) is 1. The summed E-state index contributed by atoms with van der Waals surface area (Å²) in [5, 5.41) is 7.76. The SMILES string of the molecule is Cc1nc2sccn2c1CN[C@@H](C)c1cccs1. The zero-order chi connectivity index (χ0) is 12.5. The van der Waals surface area contributed by atoms with Crippen molar-refractivity contribution < 1.29 is 0 Å². The number of fused-ring (bicyclic) bond motifs is 1. The predicted octanol–water partition coefficient (Wildman–Crippen LogP) is 3.62. The molecule has 0 unspecified atom stereocenters. The van der Waals surface area contributed by atoms with Gasteiger partial charge in [0.25, 0.3) is 0 Å². The van der Waals surface area contributed by atoms with Gasteiger partial charge >= 0.3 is 0 Å². The third-order valence-corrected chi connectivity index (χ3v) is 4.92. The van der Waals surface area contributed by atoms with Gasteiger partial charge in [0.05, 0.1) is 11.4 Å². The van der Waals surface area contributed by atoms with E-state index in [2.05, 4.69) is 57.6 Å². The van der Waals surface area contributed by atoms with Gasteiger partial charge in [-0.2, -0.15) is 0 Å². The van der Waals surface area contributed by atoms with Gasteiger partial charge in [-0.3, -0.25) is 4.40 Å². The van der Waals surface area contributed by atoms with Gasteiger partial charge in [0.1, 0.15) is 0 Å². The van der Waals surface area contributed by atoms with Crippen molar-refractivity contribution in [3.05, 3.63) is 45.4 Å². The normalized spacial score (nSPS) is 13.2. The highest BCUT2D eigenvalue weighted by molar-refractivity contribution is 7.15. The minimum atomic E-state index is 0.383. The highest BCUT2D eigenvalue weighted by Gasteiger charge is 2.11. The van der Waals surface area contributed by atoms with Crippen LogP contribution < -0.4 is 5.32 Å². The van der Waals surface area contributed by atoms with Gasteiger partial charge in [-0.15, -0.1) is 22.7 Å². The van der Waals surface area contributed by atoms with Crippen molar-refractivity contribution in [1.82, 2.24) is 14.7 Å². The largest absolute Gasteiger partial charge is 0.304 e. The molecule has 3 aromatic heterocycles. The monoisotopic (exact) mass is 277 g/mol. The Hall–Kier alpha value is -1.17. The maximum absolute atomic E-state index is 4.56. The minimum absolute atomic E-state index is 0.383. The van der Waals surface area contributed by atoms with E-state index >= 15 is 0 Å². The summed E-state index contributed by atoms with van der Waals surface area (Å²) in [5.41, 5.74) is 2.38. The number of hydrogen-bond acceptors (Lipinski definition) is 4. The van der Waals surface area contributed by atoms with Crippen molar-refractivity contribution in [2.24, 2.45) is 0 Å². The molecule has 1 atom stereocenters. The Kier molecular flexibility index (Phi) is 3.20. The first-order valence-corrected chi connectivity index (χ1v) is 7.69. The number of thiophene rings is 1. The fraction of sp³-hybridized carbons (Fsp3) is 0.308. The predicted molar refractivity (Wildman–Crippen MR) is 77.4 cm³/mol. The van der Waals surface area contributed by atoms with E-state index in [1.54, 1.807) is 22.7 Å². The standard InChI is InChI=1S/C13H15N3S2/c1-9-11(16-5-7-18-13(16)15-9)8-14-10(2)12-4-3-6-17-12/h3-7,10,14H,8H2,1-2H3/t10-/m0/s1. The highest BCUT2D eigenvalue weighted by Crippen LogP contribution is 2.20. The Morgan fingerprint density at radius 2 is 2.28 bits per heavy atom. The molecule has 3 nitrogen and oxygen atoms in total. The van der Waals surface area contributed by atoms with E-state index in [9.17, 15) is 0 Å². The average molecular weight is 277 g/mol. The average Bonchev–Trinajstić information content (AvgIpc) is 3.02. The van der Waals surface area contributed by atoms with Crippen molar-refractivity contribution in [2.45, 2.75) is 26.4 Å². The van der Waals surface area contributed by atoms with Crippen LogP contribution in [0.5, 0.6) is 0 Å². The number of aromatic nitrogens is 2. The van der Waals surface area contributed by atoms with Crippen LogP contribution in [0.3, 0.4) is 0 Å². The van der Waals surface area contributed by atoms with Gasteiger partial charge < -0.3 is 5.32 Å². The molecule has 5 heteroatoms. The van der Waals surface area contributed by atoms with Crippen LogP contribution in [-0.4, -0.2) is 9.38 Å². The summed E-state index contributed by atoms with van der Waals surface area (Å²) in [5.74, 6) is 0. The second-order valence-electron chi connectivity index (χ2n) is 4.32. The van der Waals surface area contributed by atoms with Crippen LogP contribution in [0.2, 0.25) is 0 Å². The Balaban J connectivity index is 1.76. The molecule has 94 valence electrons. The quantitative estimate of drug-likeness (QED) is 0.789. The lowest BCUT2D eigenvalue weighted by atomic mass is 10.2. The van der Waals surface area contributed by atoms with E-state index in [0.717, 1.165) is 17.2 Å². The lowest BCUT2D eigenvalue weighted by Crippen LogP contribution is -2.18. The van der Waals surface area contributed by atoms with Gasteiger partial charge in [-0.25, -0.2) is 4.98 Å². The smallest absolute Gasteiger partial charge is 0.194 e. The van der Waals surface area contributed by atoms with Crippen LogP contribution in [0.25, 0.3) is 4.96 Å². The molecule has 0 saturated carbocycles. The molecule has 18 heavy (non-hydrogen) atoms. The van der Waals surface area contributed by atoms with Crippen molar-refractivity contribution >= 4 is 27.6 Å². The van der Waals surface area contributed by atoms with E-state index in [-0.39, 0.29) is 0 Å². The molecule has 0 saturated heterocycles. The minimum Gasteiger partial charge on any atom is -0.304 e. The lowest BCUT2D eigenvalue weighted by Gasteiger charge is -2.12.